The van der Waals surface area contributed by atoms with E-state index in [1.165, 1.54) is 180 Å². The van der Waals surface area contributed by atoms with Crippen molar-refractivity contribution >= 4 is 5.91 Å². The molecule has 0 aromatic rings. The molecule has 3 aliphatic rings. The van der Waals surface area contributed by atoms with E-state index in [1.54, 1.807) is 6.08 Å². The highest BCUT2D eigenvalue weighted by Crippen LogP contribution is 2.33. The van der Waals surface area contributed by atoms with E-state index in [2.05, 4.69) is 43.5 Å². The summed E-state index contributed by atoms with van der Waals surface area (Å²) in [6.07, 6.45) is 31.9. The Labute approximate surface area is 523 Å². The first-order valence-corrected chi connectivity index (χ1v) is 34.7. The van der Waals surface area contributed by atoms with Gasteiger partial charge in [0.05, 0.1) is 38.6 Å². The summed E-state index contributed by atoms with van der Waals surface area (Å²) in [7, 11) is 0. The Kier molecular flexibility index (Phi) is 46.0. The van der Waals surface area contributed by atoms with Crippen molar-refractivity contribution in [1.82, 2.24) is 5.32 Å². The Hall–Kier alpha value is -1.99. The fourth-order valence-electron chi connectivity index (χ4n) is 11.8. The normalized spacial score (nSPS) is 28.8. The summed E-state index contributed by atoms with van der Waals surface area (Å²) >= 11 is 0. The summed E-state index contributed by atoms with van der Waals surface area (Å²) in [5, 5.41) is 120. The van der Waals surface area contributed by atoms with Crippen LogP contribution in [0.2, 0.25) is 0 Å². The number of hydrogen-bond donors (Lipinski definition) is 12. The number of rotatable bonds is 53. The molecule has 0 saturated carbocycles. The molecule has 3 heterocycles. The van der Waals surface area contributed by atoms with Gasteiger partial charge in [0.1, 0.15) is 73.2 Å². The van der Waals surface area contributed by atoms with Crippen LogP contribution in [-0.4, -0.2) is 193 Å². The maximum atomic E-state index is 13.3. The Morgan fingerprint density at radius 2 is 0.747 bits per heavy atom. The van der Waals surface area contributed by atoms with Crippen molar-refractivity contribution in [2.24, 2.45) is 0 Å². The molecule has 87 heavy (non-hydrogen) atoms. The Morgan fingerprint density at radius 3 is 1.14 bits per heavy atom. The van der Waals surface area contributed by atoms with Crippen LogP contribution < -0.4 is 5.32 Å². The molecule has 0 aromatic heterocycles. The van der Waals surface area contributed by atoms with Gasteiger partial charge in [-0.3, -0.25) is 4.79 Å². The molecule has 3 aliphatic heterocycles. The average molecular weight is 1240 g/mol. The van der Waals surface area contributed by atoms with Gasteiger partial charge < -0.3 is 89.9 Å². The van der Waals surface area contributed by atoms with Crippen molar-refractivity contribution in [2.75, 3.05) is 26.4 Å². The zero-order valence-electron chi connectivity index (χ0n) is 53.8. The molecule has 0 aliphatic carbocycles. The molecule has 3 saturated heterocycles. The number of aliphatic hydroxyl groups excluding tert-OH is 11. The molecule has 1 amide bonds. The summed E-state index contributed by atoms with van der Waals surface area (Å²) < 4.78 is 34.2. The van der Waals surface area contributed by atoms with Crippen LogP contribution in [0, 0.1) is 0 Å². The standard InChI is InChI=1S/C68H125NO18/c1-3-5-7-9-11-13-15-16-17-18-19-20-21-22-23-24-25-26-27-28-29-30-31-32-33-34-35-36-38-40-42-44-46-56(74)69-51(52(73)45-43-41-39-37-14-12-10-8-6-4-2)50-82-66-62(80)59(77)64(54(48-71)84-66)87-68-63(81)60(78)65(55(49-72)85-68)86-67-61(79)58(76)57(75)53(47-70)83-67/h6,8,14,37,43,45,51-55,57-68,70-73,75-81H,3-5,7,9-13,15-36,38-42,44,46-50H2,1-2H3,(H,69,74)/b8-6+,37-14+,45-43+. The Balaban J connectivity index is 1.33. The molecule has 19 nitrogen and oxygen atoms in total. The highest BCUT2D eigenvalue weighted by Gasteiger charge is 2.53. The van der Waals surface area contributed by atoms with E-state index in [4.69, 9.17) is 28.4 Å². The maximum Gasteiger partial charge on any atom is 0.220 e. The molecule has 17 atom stereocenters. The number of nitrogens with one attached hydrogen (secondary N) is 1. The van der Waals surface area contributed by atoms with Crippen LogP contribution in [0.1, 0.15) is 258 Å². The van der Waals surface area contributed by atoms with Gasteiger partial charge in [0, 0.05) is 6.42 Å². The van der Waals surface area contributed by atoms with Gasteiger partial charge in [0.25, 0.3) is 0 Å². The topological polar surface area (TPSA) is 307 Å². The van der Waals surface area contributed by atoms with Gasteiger partial charge in [-0.15, -0.1) is 0 Å². The summed E-state index contributed by atoms with van der Waals surface area (Å²) in [6, 6.07) is -0.992. The SMILES string of the molecule is CC/C=C/CC/C=C/CC/C=C/C(O)C(COC1OC(CO)C(OC2OC(CO)C(OC3OC(CO)C(O)C(O)C3O)C(O)C2O)C(O)C1O)NC(=O)CCCCCCCCCCCCCCCCCCCCCCCCCCCCCCCCCC. The number of hydrogen-bond acceptors (Lipinski definition) is 18. The van der Waals surface area contributed by atoms with Crippen LogP contribution in [0.4, 0.5) is 0 Å². The van der Waals surface area contributed by atoms with Crippen molar-refractivity contribution < 1.29 is 89.4 Å². The van der Waals surface area contributed by atoms with Crippen LogP contribution in [0.15, 0.2) is 36.5 Å². The zero-order valence-corrected chi connectivity index (χ0v) is 53.8. The second-order valence-electron chi connectivity index (χ2n) is 25.0. The van der Waals surface area contributed by atoms with E-state index in [9.17, 15) is 61.0 Å². The number of ether oxygens (including phenoxy) is 6. The van der Waals surface area contributed by atoms with Crippen molar-refractivity contribution in [3.05, 3.63) is 36.5 Å². The molecule has 19 heteroatoms. The summed E-state index contributed by atoms with van der Waals surface area (Å²) in [5.41, 5.74) is 0. The molecule has 0 radical (unpaired) electrons. The lowest BCUT2D eigenvalue weighted by Crippen LogP contribution is -2.66. The van der Waals surface area contributed by atoms with Gasteiger partial charge in [-0.1, -0.05) is 249 Å². The van der Waals surface area contributed by atoms with E-state index in [-0.39, 0.29) is 18.9 Å². The predicted octanol–water partition coefficient (Wildman–Crippen LogP) is 8.83. The molecule has 12 N–H and O–H groups in total. The lowest BCUT2D eigenvalue weighted by atomic mass is 9.96. The van der Waals surface area contributed by atoms with Crippen LogP contribution in [-0.2, 0) is 33.2 Å². The smallest absolute Gasteiger partial charge is 0.220 e. The minimum Gasteiger partial charge on any atom is -0.394 e. The van der Waals surface area contributed by atoms with Crippen molar-refractivity contribution in [1.29, 1.82) is 0 Å². The van der Waals surface area contributed by atoms with E-state index in [1.807, 2.05) is 6.08 Å². The number of aliphatic hydroxyl groups is 11. The number of carbonyl (C=O) groups excluding carboxylic acids is 1. The predicted molar refractivity (Wildman–Crippen MR) is 337 cm³/mol. The van der Waals surface area contributed by atoms with E-state index in [0.29, 0.717) is 12.8 Å². The van der Waals surface area contributed by atoms with Gasteiger partial charge in [-0.2, -0.15) is 0 Å². The number of amides is 1. The molecule has 17 unspecified atom stereocenters. The van der Waals surface area contributed by atoms with Crippen molar-refractivity contribution in [2.45, 2.75) is 362 Å². The number of allylic oxidation sites excluding steroid dienone is 5. The average Bonchev–Trinajstić information content (AvgIpc) is 1.52. The van der Waals surface area contributed by atoms with Crippen molar-refractivity contribution in [3.8, 4) is 0 Å². The van der Waals surface area contributed by atoms with Gasteiger partial charge in [-0.05, 0) is 38.5 Å². The van der Waals surface area contributed by atoms with Crippen LogP contribution in [0.5, 0.6) is 0 Å². The minimum absolute atomic E-state index is 0.235. The first kappa shape index (κ1) is 79.2. The zero-order chi connectivity index (χ0) is 63.3. The molecule has 0 aromatic carbocycles. The van der Waals surface area contributed by atoms with Crippen LogP contribution in [0.3, 0.4) is 0 Å². The largest absolute Gasteiger partial charge is 0.394 e. The fourth-order valence-corrected chi connectivity index (χ4v) is 11.8. The molecule has 0 spiro atoms. The molecule has 0 bridgehead atoms. The summed E-state index contributed by atoms with van der Waals surface area (Å²) in [6.45, 7) is 1.59. The van der Waals surface area contributed by atoms with Gasteiger partial charge >= 0.3 is 0 Å². The second kappa shape index (κ2) is 50.6. The first-order valence-electron chi connectivity index (χ1n) is 34.7. The summed E-state index contributed by atoms with van der Waals surface area (Å²) in [5.74, 6) is -0.288. The third kappa shape index (κ3) is 32.9. The third-order valence-corrected chi connectivity index (χ3v) is 17.4. The molecule has 510 valence electrons. The first-order chi connectivity index (χ1) is 42.3. The van der Waals surface area contributed by atoms with E-state index >= 15 is 0 Å². The van der Waals surface area contributed by atoms with Gasteiger partial charge in [-0.25, -0.2) is 0 Å². The van der Waals surface area contributed by atoms with Gasteiger partial charge in [0.15, 0.2) is 18.9 Å². The molecular weight excluding hydrogens is 1120 g/mol. The fraction of sp³-hybridized carbons (Fsp3) is 0.897. The lowest BCUT2D eigenvalue weighted by molar-refractivity contribution is -0.379. The van der Waals surface area contributed by atoms with Gasteiger partial charge in [0.2, 0.25) is 5.91 Å². The van der Waals surface area contributed by atoms with Crippen LogP contribution in [0.25, 0.3) is 0 Å². The Morgan fingerprint density at radius 1 is 0.414 bits per heavy atom. The highest BCUT2D eigenvalue weighted by atomic mass is 16.8. The monoisotopic (exact) mass is 1240 g/mol. The van der Waals surface area contributed by atoms with Crippen molar-refractivity contribution in [3.63, 3.8) is 0 Å². The second-order valence-corrected chi connectivity index (χ2v) is 25.0. The molecular formula is C68H125NO18. The van der Waals surface area contributed by atoms with Crippen LogP contribution >= 0.6 is 0 Å². The quantitative estimate of drug-likeness (QED) is 0.0200. The third-order valence-electron chi connectivity index (χ3n) is 17.4. The molecule has 3 rings (SSSR count). The summed E-state index contributed by atoms with van der Waals surface area (Å²) in [4.78, 5) is 13.3. The Bertz CT molecular complexity index is 1720. The maximum absolute atomic E-state index is 13.3. The number of carbonyl (C=O) groups is 1. The minimum atomic E-state index is -1.98. The number of unbranched alkanes of at least 4 members (excludes halogenated alkanes) is 33. The van der Waals surface area contributed by atoms with E-state index in [0.717, 1.165) is 44.9 Å². The van der Waals surface area contributed by atoms with E-state index < -0.39 is 124 Å². The lowest BCUT2D eigenvalue weighted by Gasteiger charge is -2.48. The molecule has 3 fully saturated rings. The highest BCUT2D eigenvalue weighted by molar-refractivity contribution is 5.76.